The normalized spacial score (nSPS) is 11.7. The Labute approximate surface area is 185 Å². The van der Waals surface area contributed by atoms with Crippen molar-refractivity contribution >= 4 is 12.0 Å². The van der Waals surface area contributed by atoms with Crippen molar-refractivity contribution in [2.24, 2.45) is 0 Å². The molecule has 8 nitrogen and oxygen atoms in total. The average Bonchev–Trinajstić information content (AvgIpc) is 2.76. The maximum absolute atomic E-state index is 12.4. The highest BCUT2D eigenvalue weighted by Gasteiger charge is 2.18. The molecule has 0 spiro atoms. The van der Waals surface area contributed by atoms with Gasteiger partial charge in [-0.3, -0.25) is 0 Å². The molecule has 176 valence electrons. The van der Waals surface area contributed by atoms with E-state index in [2.05, 4.69) is 12.2 Å². The van der Waals surface area contributed by atoms with Crippen molar-refractivity contribution in [1.29, 1.82) is 0 Å². The van der Waals surface area contributed by atoms with E-state index in [1.807, 2.05) is 24.3 Å². The Morgan fingerprint density at radius 2 is 1.81 bits per heavy atom. The number of carboxylic acids is 1. The number of hydrogen-bond donors (Lipinski definition) is 2. The zero-order valence-electron chi connectivity index (χ0n) is 19.1. The fourth-order valence-electron chi connectivity index (χ4n) is 3.04. The number of urea groups is 1. The minimum Gasteiger partial charge on any atom is -0.492 e. The van der Waals surface area contributed by atoms with E-state index in [1.165, 1.54) is 0 Å². The van der Waals surface area contributed by atoms with Crippen molar-refractivity contribution in [2.75, 3.05) is 46.6 Å². The highest BCUT2D eigenvalue weighted by Crippen LogP contribution is 2.15. The Balaban J connectivity index is 2.52. The van der Waals surface area contributed by atoms with Crippen molar-refractivity contribution in [2.45, 2.75) is 52.1 Å². The number of benzene rings is 1. The van der Waals surface area contributed by atoms with Crippen molar-refractivity contribution < 1.29 is 28.9 Å². The minimum absolute atomic E-state index is 0.108. The molecule has 2 amide bonds. The van der Waals surface area contributed by atoms with Gasteiger partial charge in [-0.15, -0.1) is 0 Å². The first kappa shape index (κ1) is 26.7. The van der Waals surface area contributed by atoms with Crippen molar-refractivity contribution in [3.63, 3.8) is 0 Å². The molecule has 1 aromatic carbocycles. The highest BCUT2D eigenvalue weighted by molar-refractivity contribution is 5.74. The molecule has 1 rings (SSSR count). The molecular weight excluding hydrogens is 400 g/mol. The van der Waals surface area contributed by atoms with Crippen LogP contribution in [0.1, 0.15) is 45.1 Å². The van der Waals surface area contributed by atoms with Crippen LogP contribution in [-0.4, -0.2) is 74.7 Å². The van der Waals surface area contributed by atoms with Crippen LogP contribution in [0.3, 0.4) is 0 Å². The van der Waals surface area contributed by atoms with Crippen LogP contribution in [0.15, 0.2) is 24.3 Å². The lowest BCUT2D eigenvalue weighted by Gasteiger charge is -2.23. The van der Waals surface area contributed by atoms with Gasteiger partial charge in [0.05, 0.1) is 13.2 Å². The van der Waals surface area contributed by atoms with E-state index in [0.29, 0.717) is 51.6 Å². The van der Waals surface area contributed by atoms with Gasteiger partial charge in [0, 0.05) is 33.2 Å². The summed E-state index contributed by atoms with van der Waals surface area (Å²) < 4.78 is 16.0. The van der Waals surface area contributed by atoms with E-state index in [-0.39, 0.29) is 6.03 Å². The molecule has 1 atom stereocenters. The molecule has 0 aliphatic carbocycles. The Hall–Kier alpha value is -2.32. The summed E-state index contributed by atoms with van der Waals surface area (Å²) in [5.41, 5.74) is 0.864. The highest BCUT2D eigenvalue weighted by atomic mass is 16.5. The Kier molecular flexibility index (Phi) is 14.1. The molecule has 0 aliphatic rings. The van der Waals surface area contributed by atoms with E-state index < -0.39 is 12.1 Å². The predicted molar refractivity (Wildman–Crippen MR) is 120 cm³/mol. The molecule has 0 saturated carbocycles. The van der Waals surface area contributed by atoms with E-state index in [0.717, 1.165) is 31.2 Å². The molecule has 0 radical (unpaired) electrons. The number of carbonyl (C=O) groups is 2. The molecule has 31 heavy (non-hydrogen) atoms. The number of rotatable bonds is 17. The molecule has 0 bridgehead atoms. The van der Waals surface area contributed by atoms with Crippen molar-refractivity contribution in [1.82, 2.24) is 10.2 Å². The van der Waals surface area contributed by atoms with E-state index in [9.17, 15) is 14.7 Å². The third-order valence-electron chi connectivity index (χ3n) is 4.77. The number of amides is 2. The van der Waals surface area contributed by atoms with Gasteiger partial charge in [-0.2, -0.15) is 0 Å². The Morgan fingerprint density at radius 1 is 1.06 bits per heavy atom. The number of unbranched alkanes of at least 4 members (excludes halogenated alkanes) is 3. The van der Waals surface area contributed by atoms with Crippen molar-refractivity contribution in [3.8, 4) is 5.75 Å². The average molecular weight is 439 g/mol. The second kappa shape index (κ2) is 16.4. The zero-order chi connectivity index (χ0) is 22.9. The quantitative estimate of drug-likeness (QED) is 0.362. The summed E-state index contributed by atoms with van der Waals surface area (Å²) in [6, 6.07) is 7.19. The molecule has 1 unspecified atom stereocenters. The summed E-state index contributed by atoms with van der Waals surface area (Å²) in [4.78, 5) is 25.4. The molecule has 0 fully saturated rings. The van der Waals surface area contributed by atoms with Gasteiger partial charge in [0.2, 0.25) is 0 Å². The lowest BCUT2D eigenvalue weighted by Crippen LogP contribution is -2.43. The standard InChI is InChI=1S/C23H38N2O6/c1-4-6-7-8-14-25(23(28)24-13-16-29-3)15-17-31-20-11-9-19(10-12-20)18-21(22(26)27)30-5-2/h9-12,21H,4-8,13-18H2,1-3H3,(H,24,28)(H,26,27). The molecule has 0 aromatic heterocycles. The maximum Gasteiger partial charge on any atom is 0.333 e. The van der Waals surface area contributed by atoms with Gasteiger partial charge in [-0.1, -0.05) is 38.3 Å². The lowest BCUT2D eigenvalue weighted by atomic mass is 10.1. The number of ether oxygens (including phenoxy) is 3. The SMILES string of the molecule is CCCCCCN(CCOc1ccc(CC(OCC)C(=O)O)cc1)C(=O)NCCOC. The van der Waals surface area contributed by atoms with Gasteiger partial charge >= 0.3 is 12.0 Å². The van der Waals surface area contributed by atoms with E-state index >= 15 is 0 Å². The number of nitrogens with one attached hydrogen (secondary N) is 1. The number of nitrogens with zero attached hydrogens (tertiary/aromatic N) is 1. The molecule has 2 N–H and O–H groups in total. The summed E-state index contributed by atoms with van der Waals surface area (Å²) in [5.74, 6) is -0.289. The van der Waals surface area contributed by atoms with Crippen LogP contribution >= 0.6 is 0 Å². The van der Waals surface area contributed by atoms with Gasteiger partial charge in [0.1, 0.15) is 12.4 Å². The zero-order valence-corrected chi connectivity index (χ0v) is 19.1. The maximum atomic E-state index is 12.4. The fraction of sp³-hybridized carbons (Fsp3) is 0.652. The van der Waals surface area contributed by atoms with Gasteiger partial charge in [-0.25, -0.2) is 9.59 Å². The first-order valence-electron chi connectivity index (χ1n) is 11.1. The van der Waals surface area contributed by atoms with Crippen LogP contribution in [0.2, 0.25) is 0 Å². The minimum atomic E-state index is -0.968. The van der Waals surface area contributed by atoms with Gasteiger partial charge in [0.15, 0.2) is 6.10 Å². The third kappa shape index (κ3) is 11.6. The van der Waals surface area contributed by atoms with Crippen LogP contribution in [0, 0.1) is 0 Å². The monoisotopic (exact) mass is 438 g/mol. The molecule has 0 heterocycles. The Morgan fingerprint density at radius 3 is 2.42 bits per heavy atom. The first-order chi connectivity index (χ1) is 15.0. The largest absolute Gasteiger partial charge is 0.492 e. The van der Waals surface area contributed by atoms with Crippen LogP contribution in [0.5, 0.6) is 5.75 Å². The molecular formula is C23H38N2O6. The summed E-state index contributed by atoms with van der Waals surface area (Å²) in [7, 11) is 1.60. The summed E-state index contributed by atoms with van der Waals surface area (Å²) in [6.07, 6.45) is 3.82. The van der Waals surface area contributed by atoms with Crippen LogP contribution in [0.4, 0.5) is 4.79 Å². The number of carbonyl (C=O) groups excluding carboxylic acids is 1. The van der Waals surface area contributed by atoms with E-state index in [4.69, 9.17) is 14.2 Å². The number of carboxylic acid groups (broad SMARTS) is 1. The second-order valence-electron chi connectivity index (χ2n) is 7.25. The van der Waals surface area contributed by atoms with Gasteiger partial charge < -0.3 is 29.5 Å². The summed E-state index contributed by atoms with van der Waals surface area (Å²) >= 11 is 0. The van der Waals surface area contributed by atoms with E-state index in [1.54, 1.807) is 18.9 Å². The first-order valence-corrected chi connectivity index (χ1v) is 11.1. The van der Waals surface area contributed by atoms with Crippen LogP contribution in [-0.2, 0) is 20.7 Å². The smallest absolute Gasteiger partial charge is 0.333 e. The van der Waals surface area contributed by atoms with Crippen molar-refractivity contribution in [3.05, 3.63) is 29.8 Å². The number of hydrogen-bond acceptors (Lipinski definition) is 5. The van der Waals surface area contributed by atoms with Gasteiger partial charge in [-0.05, 0) is 31.0 Å². The summed E-state index contributed by atoms with van der Waals surface area (Å²) in [6.45, 7) is 6.79. The fourth-order valence-corrected chi connectivity index (χ4v) is 3.04. The predicted octanol–water partition coefficient (Wildman–Crippen LogP) is 3.34. The molecule has 0 saturated heterocycles. The third-order valence-corrected chi connectivity index (χ3v) is 4.77. The topological polar surface area (TPSA) is 97.3 Å². The number of methoxy groups -OCH3 is 1. The summed E-state index contributed by atoms with van der Waals surface area (Å²) in [5, 5.41) is 12.1. The molecule has 8 heteroatoms. The van der Waals surface area contributed by atoms with Gasteiger partial charge in [0.25, 0.3) is 0 Å². The number of aliphatic carboxylic acids is 1. The molecule has 1 aromatic rings. The second-order valence-corrected chi connectivity index (χ2v) is 7.25. The van der Waals surface area contributed by atoms with Crippen LogP contribution in [0.25, 0.3) is 0 Å². The Bertz CT molecular complexity index is 623. The molecule has 0 aliphatic heterocycles. The lowest BCUT2D eigenvalue weighted by molar-refractivity contribution is -0.149. The van der Waals surface area contributed by atoms with Crippen LogP contribution < -0.4 is 10.1 Å².